The summed E-state index contributed by atoms with van der Waals surface area (Å²) in [7, 11) is 1.98. The van der Waals surface area contributed by atoms with Crippen molar-refractivity contribution in [2.75, 3.05) is 19.6 Å². The maximum Gasteiger partial charge on any atom is 0.0641 e. The van der Waals surface area contributed by atoms with E-state index in [0.717, 1.165) is 18.8 Å². The Balaban J connectivity index is 2.13. The Hall–Kier alpha value is -0.870. The van der Waals surface area contributed by atoms with Gasteiger partial charge in [-0.3, -0.25) is 9.58 Å². The van der Waals surface area contributed by atoms with Crippen LogP contribution in [-0.2, 0) is 7.05 Å². The Kier molecular flexibility index (Phi) is 3.78. The fourth-order valence-electron chi connectivity index (χ4n) is 2.86. The molecule has 0 radical (unpaired) electrons. The van der Waals surface area contributed by atoms with Gasteiger partial charge in [0.2, 0.25) is 0 Å². The zero-order valence-corrected chi connectivity index (χ0v) is 12.1. The maximum atomic E-state index is 6.00. The summed E-state index contributed by atoms with van der Waals surface area (Å²) in [6.45, 7) is 9.75. The standard InChI is InChI=1S/C14H26N4/c1-11-12(10-17(4)16-11)13(9-15)18-7-5-14(2,3)6-8-18/h10,13H,5-9,15H2,1-4H3. The summed E-state index contributed by atoms with van der Waals surface area (Å²) >= 11 is 0. The summed E-state index contributed by atoms with van der Waals surface area (Å²) in [6.07, 6.45) is 4.62. The molecule has 0 amide bonds. The van der Waals surface area contributed by atoms with Crippen molar-refractivity contribution in [3.63, 3.8) is 0 Å². The van der Waals surface area contributed by atoms with Crippen LogP contribution in [0.2, 0.25) is 0 Å². The first-order chi connectivity index (χ1) is 8.43. The van der Waals surface area contributed by atoms with E-state index in [4.69, 9.17) is 5.73 Å². The molecule has 2 rings (SSSR count). The van der Waals surface area contributed by atoms with E-state index >= 15 is 0 Å². The molecular formula is C14H26N4. The molecule has 1 aromatic heterocycles. The Labute approximate surface area is 110 Å². The monoisotopic (exact) mass is 250 g/mol. The molecule has 0 saturated carbocycles. The fraction of sp³-hybridized carbons (Fsp3) is 0.786. The first-order valence-electron chi connectivity index (χ1n) is 6.87. The first-order valence-corrected chi connectivity index (χ1v) is 6.87. The molecule has 1 aliphatic rings. The summed E-state index contributed by atoms with van der Waals surface area (Å²) in [5, 5.41) is 4.44. The highest BCUT2D eigenvalue weighted by atomic mass is 15.3. The van der Waals surface area contributed by atoms with Gasteiger partial charge in [0, 0.05) is 25.4 Å². The molecule has 102 valence electrons. The van der Waals surface area contributed by atoms with Gasteiger partial charge in [-0.1, -0.05) is 13.8 Å². The second-order valence-electron chi connectivity index (χ2n) is 6.30. The van der Waals surface area contributed by atoms with Crippen LogP contribution in [0.1, 0.15) is 44.0 Å². The highest BCUT2D eigenvalue weighted by Crippen LogP contribution is 2.34. The van der Waals surface area contributed by atoms with Crippen LogP contribution < -0.4 is 5.73 Å². The van der Waals surface area contributed by atoms with Crippen LogP contribution in [0.3, 0.4) is 0 Å². The Morgan fingerprint density at radius 1 is 1.39 bits per heavy atom. The van der Waals surface area contributed by atoms with Crippen LogP contribution >= 0.6 is 0 Å². The number of nitrogens with two attached hydrogens (primary N) is 1. The zero-order chi connectivity index (χ0) is 13.3. The Morgan fingerprint density at radius 3 is 2.44 bits per heavy atom. The predicted octanol–water partition coefficient (Wildman–Crippen LogP) is 1.85. The van der Waals surface area contributed by atoms with Gasteiger partial charge in [-0.15, -0.1) is 0 Å². The van der Waals surface area contributed by atoms with Gasteiger partial charge >= 0.3 is 0 Å². The minimum absolute atomic E-state index is 0.329. The molecule has 2 N–H and O–H groups in total. The molecule has 2 heterocycles. The van der Waals surface area contributed by atoms with Crippen molar-refractivity contribution in [3.8, 4) is 0 Å². The Morgan fingerprint density at radius 2 is 2.00 bits per heavy atom. The third-order valence-electron chi connectivity index (χ3n) is 4.23. The SMILES string of the molecule is Cc1nn(C)cc1C(CN)N1CCC(C)(C)CC1. The molecule has 0 aliphatic carbocycles. The van der Waals surface area contributed by atoms with E-state index in [9.17, 15) is 0 Å². The third-order valence-corrected chi connectivity index (χ3v) is 4.23. The lowest BCUT2D eigenvalue weighted by atomic mass is 9.82. The molecular weight excluding hydrogens is 224 g/mol. The van der Waals surface area contributed by atoms with Crippen molar-refractivity contribution in [2.45, 2.75) is 39.7 Å². The summed E-state index contributed by atoms with van der Waals surface area (Å²) in [4.78, 5) is 2.52. The molecule has 1 aromatic rings. The highest BCUT2D eigenvalue weighted by molar-refractivity contribution is 5.21. The molecule has 4 heteroatoms. The maximum absolute atomic E-state index is 6.00. The number of aromatic nitrogens is 2. The minimum atomic E-state index is 0.329. The number of aryl methyl sites for hydroxylation is 2. The second-order valence-corrected chi connectivity index (χ2v) is 6.30. The average Bonchev–Trinajstić information content (AvgIpc) is 2.61. The number of piperidine rings is 1. The molecule has 0 aromatic carbocycles. The van der Waals surface area contributed by atoms with E-state index in [1.807, 2.05) is 11.7 Å². The summed E-state index contributed by atoms with van der Waals surface area (Å²) in [5.41, 5.74) is 8.89. The van der Waals surface area contributed by atoms with Gasteiger partial charge in [0.25, 0.3) is 0 Å². The largest absolute Gasteiger partial charge is 0.329 e. The van der Waals surface area contributed by atoms with Crippen molar-refractivity contribution in [3.05, 3.63) is 17.5 Å². The number of nitrogens with zero attached hydrogens (tertiary/aromatic N) is 3. The van der Waals surface area contributed by atoms with Crippen molar-refractivity contribution < 1.29 is 0 Å². The predicted molar refractivity (Wildman–Crippen MR) is 74.3 cm³/mol. The van der Waals surface area contributed by atoms with Gasteiger partial charge in [0.15, 0.2) is 0 Å². The van der Waals surface area contributed by atoms with E-state index in [1.54, 1.807) is 0 Å². The number of hydrogen-bond donors (Lipinski definition) is 1. The molecule has 0 bridgehead atoms. The number of rotatable bonds is 3. The van der Waals surface area contributed by atoms with E-state index in [-0.39, 0.29) is 0 Å². The highest BCUT2D eigenvalue weighted by Gasteiger charge is 2.30. The van der Waals surface area contributed by atoms with Crippen LogP contribution in [0.25, 0.3) is 0 Å². The van der Waals surface area contributed by atoms with Gasteiger partial charge in [0.05, 0.1) is 11.7 Å². The van der Waals surface area contributed by atoms with Gasteiger partial charge < -0.3 is 5.73 Å². The van der Waals surface area contributed by atoms with Crippen LogP contribution in [0.4, 0.5) is 0 Å². The van der Waals surface area contributed by atoms with Crippen molar-refractivity contribution in [1.82, 2.24) is 14.7 Å². The van der Waals surface area contributed by atoms with E-state index in [2.05, 4.69) is 37.0 Å². The zero-order valence-electron chi connectivity index (χ0n) is 12.1. The van der Waals surface area contributed by atoms with Crippen molar-refractivity contribution in [2.24, 2.45) is 18.2 Å². The second kappa shape index (κ2) is 5.02. The summed E-state index contributed by atoms with van der Waals surface area (Å²) in [6, 6.07) is 0.329. The molecule has 1 aliphatic heterocycles. The fourth-order valence-corrected chi connectivity index (χ4v) is 2.86. The number of likely N-dealkylation sites (tertiary alicyclic amines) is 1. The molecule has 1 fully saturated rings. The van der Waals surface area contributed by atoms with Crippen LogP contribution in [0, 0.1) is 12.3 Å². The van der Waals surface area contributed by atoms with Crippen LogP contribution in [-0.4, -0.2) is 34.3 Å². The molecule has 1 atom stereocenters. The molecule has 1 unspecified atom stereocenters. The molecule has 0 spiro atoms. The van der Waals surface area contributed by atoms with E-state index in [0.29, 0.717) is 18.0 Å². The van der Waals surface area contributed by atoms with Gasteiger partial charge in [-0.05, 0) is 38.3 Å². The minimum Gasteiger partial charge on any atom is -0.329 e. The lowest BCUT2D eigenvalue weighted by Gasteiger charge is -2.40. The summed E-state index contributed by atoms with van der Waals surface area (Å²) < 4.78 is 1.89. The van der Waals surface area contributed by atoms with Gasteiger partial charge in [0.1, 0.15) is 0 Å². The molecule has 4 nitrogen and oxygen atoms in total. The lowest BCUT2D eigenvalue weighted by molar-refractivity contribution is 0.0961. The molecule has 18 heavy (non-hydrogen) atoms. The van der Waals surface area contributed by atoms with E-state index in [1.165, 1.54) is 18.4 Å². The Bertz CT molecular complexity index is 398. The average molecular weight is 250 g/mol. The topological polar surface area (TPSA) is 47.1 Å². The van der Waals surface area contributed by atoms with Crippen LogP contribution in [0.5, 0.6) is 0 Å². The quantitative estimate of drug-likeness (QED) is 0.890. The van der Waals surface area contributed by atoms with Crippen LogP contribution in [0.15, 0.2) is 6.20 Å². The van der Waals surface area contributed by atoms with E-state index < -0.39 is 0 Å². The first kappa shape index (κ1) is 13.6. The third kappa shape index (κ3) is 2.75. The van der Waals surface area contributed by atoms with Crippen molar-refractivity contribution in [1.29, 1.82) is 0 Å². The smallest absolute Gasteiger partial charge is 0.0641 e. The van der Waals surface area contributed by atoms with Gasteiger partial charge in [-0.2, -0.15) is 5.10 Å². The van der Waals surface area contributed by atoms with Crippen molar-refractivity contribution >= 4 is 0 Å². The molecule has 1 saturated heterocycles. The van der Waals surface area contributed by atoms with Gasteiger partial charge in [-0.25, -0.2) is 0 Å². The normalized spacial score (nSPS) is 22.1. The summed E-state index contributed by atoms with van der Waals surface area (Å²) in [5.74, 6) is 0. The number of hydrogen-bond acceptors (Lipinski definition) is 3. The lowest BCUT2D eigenvalue weighted by Crippen LogP contribution is -2.42.